The van der Waals surface area contributed by atoms with E-state index in [0.29, 0.717) is 11.3 Å². The molecule has 0 aliphatic rings. The van der Waals surface area contributed by atoms with Crippen LogP contribution in [-0.2, 0) is 6.18 Å². The lowest BCUT2D eigenvalue weighted by Crippen LogP contribution is -2.13. The SMILES string of the molecule is Cc1cc(NC(C)C#N)cc(C(F)(F)F)c1. The molecule has 0 saturated carbocycles. The van der Waals surface area contributed by atoms with Gasteiger partial charge in [-0.15, -0.1) is 0 Å². The first-order chi connectivity index (χ1) is 7.32. The Balaban J connectivity index is 3.05. The van der Waals surface area contributed by atoms with Crippen molar-refractivity contribution in [3.8, 4) is 6.07 Å². The van der Waals surface area contributed by atoms with Crippen LogP contribution in [0.5, 0.6) is 0 Å². The summed E-state index contributed by atoms with van der Waals surface area (Å²) in [6, 6.07) is 5.02. The second kappa shape index (κ2) is 4.44. The summed E-state index contributed by atoms with van der Waals surface area (Å²) in [5.74, 6) is 0. The van der Waals surface area contributed by atoms with Gasteiger partial charge in [0.25, 0.3) is 0 Å². The van der Waals surface area contributed by atoms with Crippen LogP contribution in [0.4, 0.5) is 18.9 Å². The summed E-state index contributed by atoms with van der Waals surface area (Å²) in [5, 5.41) is 11.2. The van der Waals surface area contributed by atoms with Crippen LogP contribution in [0.15, 0.2) is 18.2 Å². The molecular weight excluding hydrogens is 217 g/mol. The van der Waals surface area contributed by atoms with Crippen molar-refractivity contribution in [1.82, 2.24) is 0 Å². The largest absolute Gasteiger partial charge is 0.416 e. The minimum absolute atomic E-state index is 0.307. The summed E-state index contributed by atoms with van der Waals surface area (Å²) in [5.41, 5.74) is 0.101. The van der Waals surface area contributed by atoms with Gasteiger partial charge >= 0.3 is 6.18 Å². The minimum atomic E-state index is -4.36. The van der Waals surface area contributed by atoms with E-state index in [9.17, 15) is 13.2 Å². The fraction of sp³-hybridized carbons (Fsp3) is 0.364. The first-order valence-electron chi connectivity index (χ1n) is 4.68. The first kappa shape index (κ1) is 12.4. The topological polar surface area (TPSA) is 35.8 Å². The maximum absolute atomic E-state index is 12.5. The number of nitrogens with zero attached hydrogens (tertiary/aromatic N) is 1. The van der Waals surface area contributed by atoms with Crippen molar-refractivity contribution in [2.75, 3.05) is 5.32 Å². The number of nitriles is 1. The Morgan fingerprint density at radius 3 is 2.44 bits per heavy atom. The highest BCUT2D eigenvalue weighted by Crippen LogP contribution is 2.31. The summed E-state index contributed by atoms with van der Waals surface area (Å²) in [4.78, 5) is 0. The standard InChI is InChI=1S/C11H11F3N2/c1-7-3-9(11(12,13)14)5-10(4-7)16-8(2)6-15/h3-5,8,16H,1-2H3. The van der Waals surface area contributed by atoms with E-state index in [-0.39, 0.29) is 0 Å². The van der Waals surface area contributed by atoms with Crippen LogP contribution in [-0.4, -0.2) is 6.04 Å². The van der Waals surface area contributed by atoms with Gasteiger partial charge < -0.3 is 5.32 Å². The molecule has 5 heteroatoms. The molecule has 1 aromatic carbocycles. The molecule has 2 nitrogen and oxygen atoms in total. The van der Waals surface area contributed by atoms with Gasteiger partial charge in [-0.1, -0.05) is 0 Å². The molecule has 0 fully saturated rings. The van der Waals surface area contributed by atoms with Crippen LogP contribution >= 0.6 is 0 Å². The molecule has 1 atom stereocenters. The highest BCUT2D eigenvalue weighted by Gasteiger charge is 2.30. The molecule has 0 heterocycles. The van der Waals surface area contributed by atoms with Gasteiger partial charge in [-0.25, -0.2) is 0 Å². The molecule has 0 aromatic heterocycles. The predicted octanol–water partition coefficient (Wildman–Crippen LogP) is 3.34. The summed E-state index contributed by atoms with van der Waals surface area (Å²) >= 11 is 0. The van der Waals surface area contributed by atoms with Crippen LogP contribution < -0.4 is 5.32 Å². The summed E-state index contributed by atoms with van der Waals surface area (Å²) in [7, 11) is 0. The molecule has 16 heavy (non-hydrogen) atoms. The number of hydrogen-bond acceptors (Lipinski definition) is 2. The smallest absolute Gasteiger partial charge is 0.370 e. The third kappa shape index (κ3) is 3.16. The Hall–Kier alpha value is -1.70. The number of halogens is 3. The average molecular weight is 228 g/mol. The van der Waals surface area contributed by atoms with Crippen molar-refractivity contribution < 1.29 is 13.2 Å². The fourth-order valence-electron chi connectivity index (χ4n) is 1.31. The monoisotopic (exact) mass is 228 g/mol. The molecule has 1 rings (SSSR count). The number of nitrogens with one attached hydrogen (secondary N) is 1. The molecule has 0 spiro atoms. The van der Waals surface area contributed by atoms with E-state index in [1.807, 2.05) is 6.07 Å². The Kier molecular flexibility index (Phi) is 3.43. The normalized spacial score (nSPS) is 13.0. The van der Waals surface area contributed by atoms with Crippen LogP contribution in [0.1, 0.15) is 18.1 Å². The molecule has 0 bridgehead atoms. The van der Waals surface area contributed by atoms with E-state index in [0.717, 1.165) is 12.1 Å². The Labute approximate surface area is 91.7 Å². The van der Waals surface area contributed by atoms with Gasteiger partial charge in [-0.2, -0.15) is 18.4 Å². The van der Waals surface area contributed by atoms with E-state index in [4.69, 9.17) is 5.26 Å². The number of aryl methyl sites for hydroxylation is 1. The molecule has 0 amide bonds. The maximum atomic E-state index is 12.5. The Morgan fingerprint density at radius 1 is 1.31 bits per heavy atom. The van der Waals surface area contributed by atoms with Crippen molar-refractivity contribution in [3.63, 3.8) is 0 Å². The Morgan fingerprint density at radius 2 is 1.94 bits per heavy atom. The number of rotatable bonds is 2. The molecule has 1 N–H and O–H groups in total. The van der Waals surface area contributed by atoms with E-state index < -0.39 is 17.8 Å². The van der Waals surface area contributed by atoms with Crippen molar-refractivity contribution in [2.45, 2.75) is 26.1 Å². The van der Waals surface area contributed by atoms with Gasteiger partial charge in [-0.3, -0.25) is 0 Å². The molecule has 0 saturated heterocycles. The van der Waals surface area contributed by atoms with E-state index in [2.05, 4.69) is 5.32 Å². The van der Waals surface area contributed by atoms with Gasteiger partial charge in [0, 0.05) is 5.69 Å². The third-order valence-electron chi connectivity index (χ3n) is 1.98. The molecule has 0 aliphatic heterocycles. The van der Waals surface area contributed by atoms with Crippen LogP contribution in [0.25, 0.3) is 0 Å². The Bertz CT molecular complexity index is 418. The number of hydrogen-bond donors (Lipinski definition) is 1. The number of benzene rings is 1. The van der Waals surface area contributed by atoms with Crippen LogP contribution in [0.2, 0.25) is 0 Å². The van der Waals surface area contributed by atoms with Gasteiger partial charge in [-0.05, 0) is 37.6 Å². The van der Waals surface area contributed by atoms with Gasteiger partial charge in [0.2, 0.25) is 0 Å². The second-order valence-electron chi connectivity index (χ2n) is 3.58. The zero-order valence-electron chi connectivity index (χ0n) is 8.89. The van der Waals surface area contributed by atoms with Crippen molar-refractivity contribution in [1.29, 1.82) is 5.26 Å². The second-order valence-corrected chi connectivity index (χ2v) is 3.58. The minimum Gasteiger partial charge on any atom is -0.370 e. The number of alkyl halides is 3. The third-order valence-corrected chi connectivity index (χ3v) is 1.98. The van der Waals surface area contributed by atoms with E-state index in [1.54, 1.807) is 19.9 Å². The predicted molar refractivity (Wildman–Crippen MR) is 54.9 cm³/mol. The highest BCUT2D eigenvalue weighted by molar-refractivity contribution is 5.50. The maximum Gasteiger partial charge on any atom is 0.416 e. The quantitative estimate of drug-likeness (QED) is 0.842. The molecule has 86 valence electrons. The van der Waals surface area contributed by atoms with Gasteiger partial charge in [0.15, 0.2) is 0 Å². The fourth-order valence-corrected chi connectivity index (χ4v) is 1.31. The van der Waals surface area contributed by atoms with Crippen molar-refractivity contribution >= 4 is 5.69 Å². The van der Waals surface area contributed by atoms with E-state index >= 15 is 0 Å². The molecule has 1 aromatic rings. The van der Waals surface area contributed by atoms with Crippen LogP contribution in [0, 0.1) is 18.3 Å². The lowest BCUT2D eigenvalue weighted by Gasteiger charge is -2.13. The molecular formula is C11H11F3N2. The lowest BCUT2D eigenvalue weighted by atomic mass is 10.1. The van der Waals surface area contributed by atoms with E-state index in [1.165, 1.54) is 0 Å². The van der Waals surface area contributed by atoms with Gasteiger partial charge in [0.1, 0.15) is 6.04 Å². The first-order valence-corrected chi connectivity index (χ1v) is 4.68. The summed E-state index contributed by atoms with van der Waals surface area (Å²) in [6.07, 6.45) is -4.36. The molecule has 1 unspecified atom stereocenters. The summed E-state index contributed by atoms with van der Waals surface area (Å²) < 4.78 is 37.4. The highest BCUT2D eigenvalue weighted by atomic mass is 19.4. The lowest BCUT2D eigenvalue weighted by molar-refractivity contribution is -0.137. The van der Waals surface area contributed by atoms with Gasteiger partial charge in [0.05, 0.1) is 11.6 Å². The zero-order chi connectivity index (χ0) is 12.3. The van der Waals surface area contributed by atoms with Crippen molar-refractivity contribution in [3.05, 3.63) is 29.3 Å². The summed E-state index contributed by atoms with van der Waals surface area (Å²) in [6.45, 7) is 3.16. The number of anilines is 1. The molecule has 0 radical (unpaired) electrons. The van der Waals surface area contributed by atoms with Crippen LogP contribution in [0.3, 0.4) is 0 Å². The molecule has 0 aliphatic carbocycles. The zero-order valence-corrected chi connectivity index (χ0v) is 8.89. The van der Waals surface area contributed by atoms with Crippen molar-refractivity contribution in [2.24, 2.45) is 0 Å². The average Bonchev–Trinajstić information content (AvgIpc) is 2.15.